The molecule has 7 aromatic rings. The van der Waals surface area contributed by atoms with Gasteiger partial charge in [0.2, 0.25) is 0 Å². The lowest BCUT2D eigenvalue weighted by Crippen LogP contribution is -2.26. The molecule has 1 nitrogen and oxygen atoms in total. The van der Waals surface area contributed by atoms with E-state index in [1.165, 1.54) is 66.4 Å². The van der Waals surface area contributed by atoms with Gasteiger partial charge in [-0.25, -0.2) is 0 Å². The number of hydrogen-bond acceptors (Lipinski definition) is 1. The van der Waals surface area contributed by atoms with Crippen LogP contribution in [0.5, 0.6) is 0 Å². The number of rotatable bonds is 3. The Labute approximate surface area is 245 Å². The minimum absolute atomic E-state index is 0.367. The molecule has 0 saturated heterocycles. The van der Waals surface area contributed by atoms with E-state index in [0.29, 0.717) is 0 Å². The van der Waals surface area contributed by atoms with Crippen LogP contribution in [0.2, 0.25) is 0 Å². The van der Waals surface area contributed by atoms with Crippen molar-refractivity contribution in [2.24, 2.45) is 0 Å². The Morgan fingerprint density at radius 1 is 0.381 bits per heavy atom. The number of fused-ring (bicyclic) bond motifs is 11. The van der Waals surface area contributed by atoms with Crippen LogP contribution in [-0.2, 0) is 5.41 Å². The Balaban J connectivity index is 1.20. The highest BCUT2D eigenvalue weighted by Crippen LogP contribution is 2.64. The van der Waals surface area contributed by atoms with E-state index in [1.54, 1.807) is 0 Å². The first-order valence-corrected chi connectivity index (χ1v) is 14.6. The number of benzene rings is 7. The summed E-state index contributed by atoms with van der Waals surface area (Å²) in [6.07, 6.45) is 0. The average Bonchev–Trinajstić information content (AvgIpc) is 3.53. The first kappa shape index (κ1) is 23.3. The second-order valence-corrected chi connectivity index (χ2v) is 11.4. The SMILES string of the molecule is c1ccc2c(c1)-c1ccccc1C21c2ccccc2-c2cccc(Nc3ccc(-c4ccc5ccccc5c4)cc3)c21. The van der Waals surface area contributed by atoms with Gasteiger partial charge in [0.05, 0.1) is 5.41 Å². The standard InChI is InChI=1S/C41H27N/c1-2-11-29-26-30(21-20-27(29)10-1)28-22-24-31(25-23-28)42-39-19-9-15-35-34-14-5-8-18-38(34)41(40(35)39)36-16-6-3-12-32(36)33-13-4-7-17-37(33)41/h1-26,42H. The van der Waals surface area contributed by atoms with Crippen molar-refractivity contribution >= 4 is 22.1 Å². The molecule has 9 rings (SSSR count). The zero-order valence-electron chi connectivity index (χ0n) is 23.0. The van der Waals surface area contributed by atoms with Crippen LogP contribution in [0.25, 0.3) is 44.2 Å². The van der Waals surface area contributed by atoms with Crippen LogP contribution in [-0.4, -0.2) is 0 Å². The summed E-state index contributed by atoms with van der Waals surface area (Å²) in [5.74, 6) is 0. The van der Waals surface area contributed by atoms with Gasteiger partial charge in [0.15, 0.2) is 0 Å². The van der Waals surface area contributed by atoms with Crippen molar-refractivity contribution in [1.29, 1.82) is 0 Å². The highest BCUT2D eigenvalue weighted by molar-refractivity contribution is 5.98. The molecule has 2 aliphatic carbocycles. The Morgan fingerprint density at radius 2 is 0.905 bits per heavy atom. The van der Waals surface area contributed by atoms with Crippen LogP contribution in [0.4, 0.5) is 11.4 Å². The minimum atomic E-state index is -0.367. The van der Waals surface area contributed by atoms with Crippen molar-refractivity contribution in [2.45, 2.75) is 5.41 Å². The van der Waals surface area contributed by atoms with E-state index in [1.807, 2.05) is 0 Å². The average molecular weight is 534 g/mol. The molecular formula is C41H27N. The smallest absolute Gasteiger partial charge is 0.0745 e. The van der Waals surface area contributed by atoms with Crippen molar-refractivity contribution in [3.63, 3.8) is 0 Å². The van der Waals surface area contributed by atoms with Crippen molar-refractivity contribution < 1.29 is 0 Å². The largest absolute Gasteiger partial charge is 0.355 e. The Bertz CT molecular complexity index is 2110. The lowest BCUT2D eigenvalue weighted by atomic mass is 9.70. The maximum absolute atomic E-state index is 3.86. The third kappa shape index (κ3) is 3.14. The molecule has 0 saturated carbocycles. The summed E-state index contributed by atoms with van der Waals surface area (Å²) in [5.41, 5.74) is 15.0. The molecule has 0 atom stereocenters. The first-order valence-electron chi connectivity index (χ1n) is 14.6. The van der Waals surface area contributed by atoms with E-state index in [-0.39, 0.29) is 5.41 Å². The molecule has 0 aliphatic heterocycles. The van der Waals surface area contributed by atoms with Gasteiger partial charge in [-0.15, -0.1) is 0 Å². The van der Waals surface area contributed by atoms with Crippen LogP contribution >= 0.6 is 0 Å². The topological polar surface area (TPSA) is 12.0 Å². The molecule has 0 unspecified atom stereocenters. The van der Waals surface area contributed by atoms with E-state index in [2.05, 4.69) is 163 Å². The predicted octanol–water partition coefficient (Wildman–Crippen LogP) is 10.6. The Hall–Kier alpha value is -5.40. The van der Waals surface area contributed by atoms with E-state index in [0.717, 1.165) is 11.4 Å². The molecule has 0 amide bonds. The van der Waals surface area contributed by atoms with Gasteiger partial charge in [0, 0.05) is 16.9 Å². The summed E-state index contributed by atoms with van der Waals surface area (Å²) in [5, 5.41) is 6.39. The number of nitrogens with one attached hydrogen (secondary N) is 1. The first-order chi connectivity index (χ1) is 20.8. The monoisotopic (exact) mass is 533 g/mol. The number of hydrogen-bond donors (Lipinski definition) is 1. The van der Waals surface area contributed by atoms with Crippen LogP contribution in [0.15, 0.2) is 158 Å². The lowest BCUT2D eigenvalue weighted by Gasteiger charge is -2.32. The van der Waals surface area contributed by atoms with Crippen molar-refractivity contribution in [3.05, 3.63) is 180 Å². The van der Waals surface area contributed by atoms with Gasteiger partial charge in [-0.3, -0.25) is 0 Å². The highest BCUT2D eigenvalue weighted by atomic mass is 14.9. The third-order valence-electron chi connectivity index (χ3n) is 9.26. The number of anilines is 2. The van der Waals surface area contributed by atoms with E-state index in [9.17, 15) is 0 Å². The fourth-order valence-corrected chi connectivity index (χ4v) is 7.53. The van der Waals surface area contributed by atoms with E-state index in [4.69, 9.17) is 0 Å². The van der Waals surface area contributed by atoms with E-state index >= 15 is 0 Å². The van der Waals surface area contributed by atoms with Crippen LogP contribution in [0, 0.1) is 0 Å². The lowest BCUT2D eigenvalue weighted by molar-refractivity contribution is 0.796. The summed E-state index contributed by atoms with van der Waals surface area (Å²) < 4.78 is 0. The van der Waals surface area contributed by atoms with Crippen molar-refractivity contribution in [3.8, 4) is 33.4 Å². The fourth-order valence-electron chi connectivity index (χ4n) is 7.53. The summed E-state index contributed by atoms with van der Waals surface area (Å²) >= 11 is 0. The van der Waals surface area contributed by atoms with Crippen LogP contribution < -0.4 is 5.32 Å². The van der Waals surface area contributed by atoms with Crippen molar-refractivity contribution in [1.82, 2.24) is 0 Å². The molecule has 0 aromatic heterocycles. The molecule has 0 fully saturated rings. The molecule has 0 radical (unpaired) electrons. The second kappa shape index (κ2) is 8.80. The molecule has 0 bridgehead atoms. The summed E-state index contributed by atoms with van der Waals surface area (Å²) in [6, 6.07) is 57.7. The second-order valence-electron chi connectivity index (χ2n) is 11.4. The van der Waals surface area contributed by atoms with E-state index < -0.39 is 0 Å². The summed E-state index contributed by atoms with van der Waals surface area (Å²) in [6.45, 7) is 0. The molecule has 2 aliphatic rings. The molecule has 0 heterocycles. The minimum Gasteiger partial charge on any atom is -0.355 e. The van der Waals surface area contributed by atoms with Crippen molar-refractivity contribution in [2.75, 3.05) is 5.32 Å². The molecule has 1 N–H and O–H groups in total. The Morgan fingerprint density at radius 3 is 1.57 bits per heavy atom. The molecular weight excluding hydrogens is 506 g/mol. The zero-order chi connectivity index (χ0) is 27.7. The fraction of sp³-hybridized carbons (Fsp3) is 0.0244. The van der Waals surface area contributed by atoms with Gasteiger partial charge in [-0.2, -0.15) is 0 Å². The van der Waals surface area contributed by atoms with Gasteiger partial charge in [-0.05, 0) is 85.1 Å². The summed E-state index contributed by atoms with van der Waals surface area (Å²) in [7, 11) is 0. The van der Waals surface area contributed by atoms with Crippen LogP contribution in [0.1, 0.15) is 22.3 Å². The molecule has 1 heteroatoms. The normalized spacial score (nSPS) is 13.4. The van der Waals surface area contributed by atoms with Crippen LogP contribution in [0.3, 0.4) is 0 Å². The molecule has 42 heavy (non-hydrogen) atoms. The van der Waals surface area contributed by atoms with Gasteiger partial charge < -0.3 is 5.32 Å². The zero-order valence-corrected chi connectivity index (χ0v) is 23.0. The Kier molecular flexibility index (Phi) is 4.88. The summed E-state index contributed by atoms with van der Waals surface area (Å²) in [4.78, 5) is 0. The third-order valence-corrected chi connectivity index (χ3v) is 9.26. The highest BCUT2D eigenvalue weighted by Gasteiger charge is 2.52. The van der Waals surface area contributed by atoms with Gasteiger partial charge in [-0.1, -0.05) is 133 Å². The quantitative estimate of drug-likeness (QED) is 0.238. The van der Waals surface area contributed by atoms with Gasteiger partial charge >= 0.3 is 0 Å². The molecule has 196 valence electrons. The molecule has 7 aromatic carbocycles. The molecule has 1 spiro atoms. The van der Waals surface area contributed by atoms with Gasteiger partial charge in [0.25, 0.3) is 0 Å². The predicted molar refractivity (Wildman–Crippen MR) is 175 cm³/mol. The maximum atomic E-state index is 3.86. The van der Waals surface area contributed by atoms with Gasteiger partial charge in [0.1, 0.15) is 0 Å². The maximum Gasteiger partial charge on any atom is 0.0745 e.